The molecule has 130 valence electrons. The van der Waals surface area contributed by atoms with Gasteiger partial charge in [0.2, 0.25) is 6.10 Å². The molecule has 1 atom stereocenters. The third-order valence-corrected chi connectivity index (χ3v) is 3.80. The van der Waals surface area contributed by atoms with Crippen molar-refractivity contribution in [1.29, 1.82) is 0 Å². The molecule has 1 unspecified atom stereocenters. The van der Waals surface area contributed by atoms with Gasteiger partial charge in [-0.3, -0.25) is 4.79 Å². The molecule has 22 heavy (non-hydrogen) atoms. The van der Waals surface area contributed by atoms with Crippen molar-refractivity contribution in [3.8, 4) is 0 Å². The van der Waals surface area contributed by atoms with Gasteiger partial charge in [-0.05, 0) is 12.8 Å². The van der Waals surface area contributed by atoms with Gasteiger partial charge in [0, 0.05) is 6.42 Å². The molecule has 0 heterocycles. The van der Waals surface area contributed by atoms with Crippen molar-refractivity contribution in [2.45, 2.75) is 97.0 Å². The molecule has 0 radical (unpaired) electrons. The predicted octanol–water partition coefficient (Wildman–Crippen LogP) is 4.18. The number of unbranched alkanes of at least 4 members (excludes halogenated alkanes) is 9. The lowest BCUT2D eigenvalue weighted by Crippen LogP contribution is -2.31. The number of hydrogen-bond donors (Lipinski definition) is 1. The molecule has 0 amide bonds. The topological polar surface area (TPSA) is 63.6 Å². The SMILES string of the molecule is CCCCCCCCCCCC(=O)C(O)C(=O)OCCCC. The van der Waals surface area contributed by atoms with E-state index < -0.39 is 17.9 Å². The molecule has 0 saturated carbocycles. The maximum atomic E-state index is 11.7. The maximum Gasteiger partial charge on any atom is 0.342 e. The Morgan fingerprint density at radius 2 is 1.32 bits per heavy atom. The first kappa shape index (κ1) is 21.1. The average molecular weight is 314 g/mol. The summed E-state index contributed by atoms with van der Waals surface area (Å²) in [6, 6.07) is 0. The summed E-state index contributed by atoms with van der Waals surface area (Å²) in [5.74, 6) is -1.21. The summed E-state index contributed by atoms with van der Waals surface area (Å²) in [5, 5.41) is 9.58. The summed E-state index contributed by atoms with van der Waals surface area (Å²) >= 11 is 0. The van der Waals surface area contributed by atoms with E-state index in [-0.39, 0.29) is 13.0 Å². The van der Waals surface area contributed by atoms with Gasteiger partial charge in [-0.1, -0.05) is 71.6 Å². The van der Waals surface area contributed by atoms with Gasteiger partial charge >= 0.3 is 5.97 Å². The Kier molecular flexibility index (Phi) is 14.4. The lowest BCUT2D eigenvalue weighted by molar-refractivity contribution is -0.157. The minimum absolute atomic E-state index is 0.264. The first-order valence-corrected chi connectivity index (χ1v) is 9.00. The third-order valence-electron chi connectivity index (χ3n) is 3.80. The Balaban J connectivity index is 3.53. The Hall–Kier alpha value is -0.900. The Morgan fingerprint density at radius 3 is 1.86 bits per heavy atom. The zero-order valence-corrected chi connectivity index (χ0v) is 14.4. The second-order valence-electron chi connectivity index (χ2n) is 5.97. The molecule has 0 aliphatic carbocycles. The number of ketones is 1. The Morgan fingerprint density at radius 1 is 0.818 bits per heavy atom. The number of ether oxygens (including phenoxy) is 1. The van der Waals surface area contributed by atoms with E-state index in [4.69, 9.17) is 4.74 Å². The van der Waals surface area contributed by atoms with E-state index in [0.29, 0.717) is 0 Å². The number of esters is 1. The molecular weight excluding hydrogens is 280 g/mol. The molecule has 0 saturated heterocycles. The largest absolute Gasteiger partial charge is 0.463 e. The fraction of sp³-hybridized carbons (Fsp3) is 0.889. The van der Waals surface area contributed by atoms with Crippen molar-refractivity contribution in [3.63, 3.8) is 0 Å². The van der Waals surface area contributed by atoms with Crippen LogP contribution in [0.5, 0.6) is 0 Å². The van der Waals surface area contributed by atoms with Crippen LogP contribution in [0, 0.1) is 0 Å². The van der Waals surface area contributed by atoms with Gasteiger partial charge in [0.15, 0.2) is 5.78 Å². The van der Waals surface area contributed by atoms with E-state index in [2.05, 4.69) is 6.92 Å². The van der Waals surface area contributed by atoms with Crippen LogP contribution in [0.25, 0.3) is 0 Å². The third kappa shape index (κ3) is 11.7. The number of aliphatic hydroxyl groups excluding tert-OH is 1. The lowest BCUT2D eigenvalue weighted by Gasteiger charge is -2.09. The van der Waals surface area contributed by atoms with Crippen LogP contribution >= 0.6 is 0 Å². The summed E-state index contributed by atoms with van der Waals surface area (Å²) in [7, 11) is 0. The van der Waals surface area contributed by atoms with E-state index in [1.807, 2.05) is 6.92 Å². The van der Waals surface area contributed by atoms with Crippen molar-refractivity contribution in [2.75, 3.05) is 6.61 Å². The number of carbonyl (C=O) groups is 2. The minimum atomic E-state index is -1.59. The zero-order chi connectivity index (χ0) is 16.6. The van der Waals surface area contributed by atoms with E-state index in [1.165, 1.54) is 38.5 Å². The van der Waals surface area contributed by atoms with E-state index >= 15 is 0 Å². The summed E-state index contributed by atoms with van der Waals surface area (Å²) in [6.45, 7) is 4.47. The van der Waals surface area contributed by atoms with Crippen LogP contribution in [0.1, 0.15) is 90.9 Å². The highest BCUT2D eigenvalue weighted by molar-refractivity contribution is 6.01. The number of Topliss-reactive ketones (excluding diaryl/α,β-unsaturated/α-hetero) is 1. The molecule has 0 aromatic heterocycles. The van der Waals surface area contributed by atoms with Crippen LogP contribution in [-0.2, 0) is 14.3 Å². The minimum Gasteiger partial charge on any atom is -0.463 e. The van der Waals surface area contributed by atoms with E-state index in [0.717, 1.165) is 32.1 Å². The van der Waals surface area contributed by atoms with Crippen LogP contribution in [0.2, 0.25) is 0 Å². The highest BCUT2D eigenvalue weighted by atomic mass is 16.5. The molecule has 0 spiro atoms. The van der Waals surface area contributed by atoms with Gasteiger partial charge in [-0.15, -0.1) is 0 Å². The van der Waals surface area contributed by atoms with Crippen molar-refractivity contribution < 1.29 is 19.4 Å². The fourth-order valence-electron chi connectivity index (χ4n) is 2.27. The summed E-state index contributed by atoms with van der Waals surface area (Å²) in [4.78, 5) is 23.1. The summed E-state index contributed by atoms with van der Waals surface area (Å²) < 4.78 is 4.85. The van der Waals surface area contributed by atoms with Crippen molar-refractivity contribution in [2.24, 2.45) is 0 Å². The molecule has 0 fully saturated rings. The number of hydrogen-bond acceptors (Lipinski definition) is 4. The first-order valence-electron chi connectivity index (χ1n) is 9.00. The standard InChI is InChI=1S/C18H34O4/c1-3-5-7-8-9-10-11-12-13-14-16(19)17(20)18(21)22-15-6-4-2/h17,20H,3-15H2,1-2H3. The Labute approximate surface area is 135 Å². The van der Waals surface area contributed by atoms with Gasteiger partial charge < -0.3 is 9.84 Å². The molecule has 0 aromatic rings. The van der Waals surface area contributed by atoms with Crippen molar-refractivity contribution in [1.82, 2.24) is 0 Å². The van der Waals surface area contributed by atoms with E-state index in [1.54, 1.807) is 0 Å². The molecule has 0 aromatic carbocycles. The quantitative estimate of drug-likeness (QED) is 0.280. The molecule has 0 bridgehead atoms. The molecular formula is C18H34O4. The van der Waals surface area contributed by atoms with Crippen LogP contribution in [0.3, 0.4) is 0 Å². The highest BCUT2D eigenvalue weighted by Gasteiger charge is 2.24. The van der Waals surface area contributed by atoms with Crippen LogP contribution in [0.4, 0.5) is 0 Å². The van der Waals surface area contributed by atoms with Gasteiger partial charge in [-0.2, -0.15) is 0 Å². The van der Waals surface area contributed by atoms with Crippen molar-refractivity contribution >= 4 is 11.8 Å². The normalized spacial score (nSPS) is 12.1. The van der Waals surface area contributed by atoms with Crippen molar-refractivity contribution in [3.05, 3.63) is 0 Å². The van der Waals surface area contributed by atoms with Gasteiger partial charge in [-0.25, -0.2) is 4.79 Å². The van der Waals surface area contributed by atoms with Gasteiger partial charge in [0.25, 0.3) is 0 Å². The zero-order valence-electron chi connectivity index (χ0n) is 14.4. The van der Waals surface area contributed by atoms with Crippen LogP contribution in [0.15, 0.2) is 0 Å². The van der Waals surface area contributed by atoms with E-state index in [9.17, 15) is 14.7 Å². The molecule has 0 rings (SSSR count). The number of rotatable bonds is 15. The smallest absolute Gasteiger partial charge is 0.342 e. The van der Waals surface area contributed by atoms with Gasteiger partial charge in [0.05, 0.1) is 6.61 Å². The number of carbonyl (C=O) groups excluding carboxylic acids is 2. The monoisotopic (exact) mass is 314 g/mol. The predicted molar refractivity (Wildman–Crippen MR) is 88.7 cm³/mol. The second-order valence-corrected chi connectivity index (χ2v) is 5.97. The second kappa shape index (κ2) is 15.0. The highest BCUT2D eigenvalue weighted by Crippen LogP contribution is 2.11. The molecule has 1 N–H and O–H groups in total. The lowest BCUT2D eigenvalue weighted by atomic mass is 10.0. The number of aliphatic hydroxyl groups is 1. The fourth-order valence-corrected chi connectivity index (χ4v) is 2.27. The molecule has 4 nitrogen and oxygen atoms in total. The Bertz CT molecular complexity index is 289. The maximum absolute atomic E-state index is 11.7. The summed E-state index contributed by atoms with van der Waals surface area (Å²) in [6.07, 6.45) is 10.9. The molecule has 0 aliphatic heterocycles. The van der Waals surface area contributed by atoms with Crippen LogP contribution < -0.4 is 0 Å². The average Bonchev–Trinajstić information content (AvgIpc) is 2.52. The molecule has 0 aliphatic rings. The first-order chi connectivity index (χ1) is 10.6. The van der Waals surface area contributed by atoms with Gasteiger partial charge in [0.1, 0.15) is 0 Å². The summed E-state index contributed by atoms with van der Waals surface area (Å²) in [5.41, 5.74) is 0. The van der Waals surface area contributed by atoms with Crippen LogP contribution in [-0.4, -0.2) is 29.6 Å². The molecule has 4 heteroatoms.